The number of carbonyl (C=O) groups is 1. The maximum absolute atomic E-state index is 11.9. The molecule has 0 spiro atoms. The second kappa shape index (κ2) is 4.81. The monoisotopic (exact) mass is 230 g/mol. The summed E-state index contributed by atoms with van der Waals surface area (Å²) < 4.78 is 2.27. The zero-order valence-corrected chi connectivity index (χ0v) is 9.35. The Morgan fingerprint density at radius 3 is 2.75 bits per heavy atom. The predicted molar refractivity (Wildman–Crippen MR) is 63.8 cm³/mol. The smallest absolute Gasteiger partial charge is 0.182 e. The maximum atomic E-state index is 11.9. The molecule has 2 rings (SSSR count). The van der Waals surface area contributed by atoms with Crippen molar-refractivity contribution in [1.29, 1.82) is 0 Å². The fraction of sp³-hybridized carbons (Fsp3) is 0.0833. The number of hydrogen-bond acceptors (Lipinski definition) is 3. The van der Waals surface area contributed by atoms with E-state index >= 15 is 0 Å². The Hall–Kier alpha value is -1.81. The van der Waals surface area contributed by atoms with Crippen LogP contribution in [0.25, 0.3) is 0 Å². The summed E-state index contributed by atoms with van der Waals surface area (Å²) >= 11 is 5.07. The number of hydrogen-bond donors (Lipinski definition) is 0. The van der Waals surface area contributed by atoms with Crippen LogP contribution in [0.5, 0.6) is 0 Å². The molecule has 2 aromatic rings. The lowest BCUT2D eigenvalue weighted by Crippen LogP contribution is -2.11. The minimum absolute atomic E-state index is 0.0444. The Bertz CT molecular complexity index is 548. The molecule has 0 aliphatic rings. The van der Waals surface area contributed by atoms with Gasteiger partial charge in [0.2, 0.25) is 0 Å². The van der Waals surface area contributed by atoms with Gasteiger partial charge in [-0.2, -0.15) is 0 Å². The van der Waals surface area contributed by atoms with Crippen LogP contribution in [0.1, 0.15) is 10.4 Å². The normalized spacial score (nSPS) is 10.0. The van der Waals surface area contributed by atoms with E-state index < -0.39 is 0 Å². The van der Waals surface area contributed by atoms with Crippen LogP contribution >= 0.6 is 12.2 Å². The Kier molecular flexibility index (Phi) is 3.22. The molecule has 0 fully saturated rings. The van der Waals surface area contributed by atoms with Crippen molar-refractivity contribution < 1.29 is 4.79 Å². The first-order valence-electron chi connectivity index (χ1n) is 4.86. The van der Waals surface area contributed by atoms with E-state index in [4.69, 9.17) is 12.2 Å². The summed E-state index contributed by atoms with van der Waals surface area (Å²) in [6, 6.07) is 9.17. The predicted octanol–water partition coefficient (Wildman–Crippen LogP) is 2.50. The minimum Gasteiger partial charge on any atom is -0.329 e. The summed E-state index contributed by atoms with van der Waals surface area (Å²) in [5, 5.41) is 0. The molecule has 0 bridgehead atoms. The number of nitrogens with zero attached hydrogens (tertiary/aromatic N) is 2. The Balaban J connectivity index is 2.21. The molecule has 0 aliphatic heterocycles. The fourth-order valence-electron chi connectivity index (χ4n) is 1.37. The van der Waals surface area contributed by atoms with Crippen LogP contribution in [0.3, 0.4) is 0 Å². The first-order valence-corrected chi connectivity index (χ1v) is 5.27. The van der Waals surface area contributed by atoms with Gasteiger partial charge < -0.3 is 4.57 Å². The zero-order valence-electron chi connectivity index (χ0n) is 8.54. The quantitative estimate of drug-likeness (QED) is 0.600. The first kappa shape index (κ1) is 10.7. The van der Waals surface area contributed by atoms with E-state index in [0.717, 1.165) is 0 Å². The average molecular weight is 230 g/mol. The van der Waals surface area contributed by atoms with E-state index in [1.54, 1.807) is 35.3 Å². The van der Waals surface area contributed by atoms with Gasteiger partial charge in [0.25, 0.3) is 0 Å². The van der Waals surface area contributed by atoms with Crippen LogP contribution in [-0.4, -0.2) is 15.3 Å². The third-order valence-electron chi connectivity index (χ3n) is 2.21. The van der Waals surface area contributed by atoms with Crippen LogP contribution in [-0.2, 0) is 6.54 Å². The third kappa shape index (κ3) is 2.41. The summed E-state index contributed by atoms with van der Waals surface area (Å²) in [5.74, 6) is 0.0444. The SMILES string of the molecule is O=C(Cn1ccncc1=S)c1ccccc1. The lowest BCUT2D eigenvalue weighted by Gasteiger charge is -2.04. The van der Waals surface area contributed by atoms with Gasteiger partial charge in [0.1, 0.15) is 4.64 Å². The first-order chi connectivity index (χ1) is 7.77. The number of benzene rings is 1. The number of rotatable bonds is 3. The lowest BCUT2D eigenvalue weighted by atomic mass is 10.1. The highest BCUT2D eigenvalue weighted by molar-refractivity contribution is 7.71. The summed E-state index contributed by atoms with van der Waals surface area (Å²) in [4.78, 5) is 15.8. The number of carbonyl (C=O) groups excluding carboxylic acids is 1. The second-order valence-electron chi connectivity index (χ2n) is 3.33. The number of aromatic nitrogens is 2. The molecule has 1 aromatic carbocycles. The van der Waals surface area contributed by atoms with Gasteiger partial charge in [0.05, 0.1) is 12.7 Å². The van der Waals surface area contributed by atoms with Gasteiger partial charge in [-0.25, -0.2) is 0 Å². The van der Waals surface area contributed by atoms with Gasteiger partial charge in [-0.3, -0.25) is 9.78 Å². The van der Waals surface area contributed by atoms with Crippen molar-refractivity contribution in [3.05, 3.63) is 59.1 Å². The summed E-state index contributed by atoms with van der Waals surface area (Å²) in [6.07, 6.45) is 4.89. The van der Waals surface area contributed by atoms with Crippen LogP contribution in [0.15, 0.2) is 48.9 Å². The van der Waals surface area contributed by atoms with E-state index in [1.165, 1.54) is 0 Å². The van der Waals surface area contributed by atoms with Gasteiger partial charge >= 0.3 is 0 Å². The van der Waals surface area contributed by atoms with Crippen molar-refractivity contribution >= 4 is 18.0 Å². The van der Waals surface area contributed by atoms with Crippen LogP contribution < -0.4 is 0 Å². The van der Waals surface area contributed by atoms with Gasteiger partial charge in [-0.1, -0.05) is 42.5 Å². The van der Waals surface area contributed by atoms with Gasteiger partial charge in [0.15, 0.2) is 5.78 Å². The van der Waals surface area contributed by atoms with Crippen molar-refractivity contribution in [3.63, 3.8) is 0 Å². The largest absolute Gasteiger partial charge is 0.329 e. The highest BCUT2D eigenvalue weighted by atomic mass is 32.1. The summed E-state index contributed by atoms with van der Waals surface area (Å²) in [5.41, 5.74) is 0.696. The van der Waals surface area contributed by atoms with Gasteiger partial charge in [-0.15, -0.1) is 0 Å². The molecule has 0 unspecified atom stereocenters. The van der Waals surface area contributed by atoms with Gasteiger partial charge in [-0.05, 0) is 0 Å². The molecular weight excluding hydrogens is 220 g/mol. The standard InChI is InChI=1S/C12H10N2OS/c15-11(10-4-2-1-3-5-10)9-14-7-6-13-8-12(14)16/h1-8H,9H2. The van der Waals surface area contributed by atoms with Crippen molar-refractivity contribution in [1.82, 2.24) is 9.55 Å². The lowest BCUT2D eigenvalue weighted by molar-refractivity contribution is 0.0971. The molecule has 1 aromatic heterocycles. The Morgan fingerprint density at radius 2 is 2.06 bits per heavy atom. The number of Topliss-reactive ketones (excluding diaryl/α,β-unsaturated/α-hetero) is 1. The summed E-state index contributed by atoms with van der Waals surface area (Å²) in [6.45, 7) is 0.255. The third-order valence-corrected chi connectivity index (χ3v) is 2.55. The molecule has 0 amide bonds. The van der Waals surface area contributed by atoms with Crippen LogP contribution in [0.4, 0.5) is 0 Å². The molecule has 0 saturated heterocycles. The Labute approximate surface area is 98.4 Å². The maximum Gasteiger partial charge on any atom is 0.182 e. The summed E-state index contributed by atoms with van der Waals surface area (Å²) in [7, 11) is 0. The molecule has 0 N–H and O–H groups in total. The molecule has 0 aliphatic carbocycles. The molecule has 4 heteroatoms. The van der Waals surface area contributed by atoms with Crippen molar-refractivity contribution in [3.8, 4) is 0 Å². The molecule has 0 radical (unpaired) electrons. The van der Waals surface area contributed by atoms with Crippen LogP contribution in [0.2, 0.25) is 0 Å². The van der Waals surface area contributed by atoms with Crippen LogP contribution in [0, 0.1) is 4.64 Å². The molecule has 3 nitrogen and oxygen atoms in total. The van der Waals surface area contributed by atoms with E-state index in [9.17, 15) is 4.79 Å². The molecule has 0 saturated carbocycles. The molecule has 80 valence electrons. The average Bonchev–Trinajstić information content (AvgIpc) is 2.33. The van der Waals surface area contributed by atoms with E-state index in [-0.39, 0.29) is 12.3 Å². The van der Waals surface area contributed by atoms with Crippen molar-refractivity contribution in [2.75, 3.05) is 0 Å². The molecule has 0 atom stereocenters. The fourth-order valence-corrected chi connectivity index (χ4v) is 1.56. The highest BCUT2D eigenvalue weighted by Gasteiger charge is 2.05. The topological polar surface area (TPSA) is 34.9 Å². The van der Waals surface area contributed by atoms with Crippen molar-refractivity contribution in [2.24, 2.45) is 0 Å². The molecule has 16 heavy (non-hydrogen) atoms. The molecular formula is C12H10N2OS. The minimum atomic E-state index is 0.0444. The second-order valence-corrected chi connectivity index (χ2v) is 3.75. The van der Waals surface area contributed by atoms with E-state index in [2.05, 4.69) is 4.98 Å². The Morgan fingerprint density at radius 1 is 1.31 bits per heavy atom. The van der Waals surface area contributed by atoms with E-state index in [0.29, 0.717) is 10.2 Å². The highest BCUT2D eigenvalue weighted by Crippen LogP contribution is 2.02. The number of ketones is 1. The van der Waals surface area contributed by atoms with E-state index in [1.807, 2.05) is 18.2 Å². The van der Waals surface area contributed by atoms with Crippen molar-refractivity contribution in [2.45, 2.75) is 6.54 Å². The van der Waals surface area contributed by atoms with Gasteiger partial charge in [0, 0.05) is 18.0 Å². The molecule has 1 heterocycles. The zero-order chi connectivity index (χ0) is 11.4.